The Labute approximate surface area is 130 Å². The number of esters is 1. The van der Waals surface area contributed by atoms with Crippen molar-refractivity contribution in [3.63, 3.8) is 0 Å². The van der Waals surface area contributed by atoms with E-state index in [9.17, 15) is 13.2 Å². The fraction of sp³-hybridized carbons (Fsp3) is 0.467. The minimum Gasteiger partial charge on any atom is -0.446 e. The number of sulfonamides is 1. The molecule has 0 aliphatic carbocycles. The standard InChI is InChI=1S/C15H18N2O4S/c1-11-5-7-13(8-6-11)22(19,20)17-9-3-4-14(17)15(18)21-12(2)10-16/h5-8,12,14H,3-4,9H2,1-2H3/t12-,14+/m1/s1. The molecule has 1 saturated heterocycles. The van der Waals surface area contributed by atoms with Crippen molar-refractivity contribution in [1.29, 1.82) is 5.26 Å². The summed E-state index contributed by atoms with van der Waals surface area (Å²) in [7, 11) is -3.74. The van der Waals surface area contributed by atoms with Crippen molar-refractivity contribution in [2.75, 3.05) is 6.54 Å². The maximum Gasteiger partial charge on any atom is 0.325 e. The van der Waals surface area contributed by atoms with E-state index in [1.807, 2.05) is 6.92 Å². The van der Waals surface area contributed by atoms with Gasteiger partial charge in [0.1, 0.15) is 12.1 Å². The van der Waals surface area contributed by atoms with Crippen molar-refractivity contribution in [1.82, 2.24) is 4.31 Å². The van der Waals surface area contributed by atoms with Crippen LogP contribution in [0.5, 0.6) is 0 Å². The number of carbonyl (C=O) groups excluding carboxylic acids is 1. The molecule has 6 nitrogen and oxygen atoms in total. The quantitative estimate of drug-likeness (QED) is 0.786. The number of nitriles is 1. The van der Waals surface area contributed by atoms with Crippen LogP contribution in [-0.2, 0) is 19.6 Å². The summed E-state index contributed by atoms with van der Waals surface area (Å²) in [4.78, 5) is 12.2. The molecule has 7 heteroatoms. The molecule has 0 radical (unpaired) electrons. The molecule has 0 bridgehead atoms. The van der Waals surface area contributed by atoms with Gasteiger partial charge in [-0.2, -0.15) is 9.57 Å². The first-order valence-electron chi connectivity index (χ1n) is 7.05. The highest BCUT2D eigenvalue weighted by Crippen LogP contribution is 2.27. The first kappa shape index (κ1) is 16.5. The minimum atomic E-state index is -3.74. The number of hydrogen-bond donors (Lipinski definition) is 0. The van der Waals surface area contributed by atoms with Crippen LogP contribution in [0.1, 0.15) is 25.3 Å². The molecule has 0 aromatic heterocycles. The molecule has 0 unspecified atom stereocenters. The van der Waals surface area contributed by atoms with E-state index in [0.29, 0.717) is 12.8 Å². The average Bonchev–Trinajstić information content (AvgIpc) is 2.97. The molecular formula is C15H18N2O4S. The maximum absolute atomic E-state index is 12.7. The van der Waals surface area contributed by atoms with E-state index in [4.69, 9.17) is 10.00 Å². The lowest BCUT2D eigenvalue weighted by molar-refractivity contribution is -0.149. The van der Waals surface area contributed by atoms with Gasteiger partial charge in [0.05, 0.1) is 4.90 Å². The second-order valence-corrected chi connectivity index (χ2v) is 7.19. The van der Waals surface area contributed by atoms with Gasteiger partial charge in [-0.1, -0.05) is 17.7 Å². The Morgan fingerprint density at radius 1 is 1.41 bits per heavy atom. The maximum atomic E-state index is 12.7. The molecular weight excluding hydrogens is 304 g/mol. The van der Waals surface area contributed by atoms with Crippen molar-refractivity contribution in [2.24, 2.45) is 0 Å². The normalized spacial score (nSPS) is 20.3. The third kappa shape index (κ3) is 3.29. The van der Waals surface area contributed by atoms with Gasteiger partial charge in [-0.05, 0) is 38.8 Å². The Kier molecular flexibility index (Phi) is 4.84. The first-order chi connectivity index (χ1) is 10.4. The van der Waals surface area contributed by atoms with Crippen LogP contribution in [0, 0.1) is 18.3 Å². The number of hydrogen-bond acceptors (Lipinski definition) is 5. The van der Waals surface area contributed by atoms with Crippen molar-refractivity contribution in [3.8, 4) is 6.07 Å². The topological polar surface area (TPSA) is 87.5 Å². The molecule has 22 heavy (non-hydrogen) atoms. The summed E-state index contributed by atoms with van der Waals surface area (Å²) < 4.78 is 31.5. The van der Waals surface area contributed by atoms with Crippen molar-refractivity contribution < 1.29 is 17.9 Å². The van der Waals surface area contributed by atoms with E-state index in [0.717, 1.165) is 5.56 Å². The summed E-state index contributed by atoms with van der Waals surface area (Å²) in [6, 6.07) is 7.44. The molecule has 1 fully saturated rings. The summed E-state index contributed by atoms with van der Waals surface area (Å²) in [6.07, 6.45) is 0.102. The molecule has 2 atom stereocenters. The molecule has 1 heterocycles. The van der Waals surface area contributed by atoms with Crippen molar-refractivity contribution >= 4 is 16.0 Å². The lowest BCUT2D eigenvalue weighted by atomic mass is 10.2. The Morgan fingerprint density at radius 3 is 2.64 bits per heavy atom. The zero-order valence-corrected chi connectivity index (χ0v) is 13.3. The molecule has 1 aromatic carbocycles. The van der Waals surface area contributed by atoms with E-state index in [-0.39, 0.29) is 11.4 Å². The summed E-state index contributed by atoms with van der Waals surface area (Å²) in [5, 5.41) is 8.70. The van der Waals surface area contributed by atoms with Crippen LogP contribution in [0.3, 0.4) is 0 Å². The highest BCUT2D eigenvalue weighted by molar-refractivity contribution is 7.89. The number of nitrogens with zero attached hydrogens (tertiary/aromatic N) is 2. The van der Waals surface area contributed by atoms with Gasteiger partial charge in [-0.15, -0.1) is 0 Å². The van der Waals surface area contributed by atoms with Crippen molar-refractivity contribution in [2.45, 2.75) is 43.7 Å². The van der Waals surface area contributed by atoms with Crippen molar-refractivity contribution in [3.05, 3.63) is 29.8 Å². The van der Waals surface area contributed by atoms with Crippen LogP contribution < -0.4 is 0 Å². The Hall–Kier alpha value is -1.91. The number of benzene rings is 1. The lowest BCUT2D eigenvalue weighted by Gasteiger charge is -2.23. The molecule has 1 aliphatic rings. The minimum absolute atomic E-state index is 0.158. The summed E-state index contributed by atoms with van der Waals surface area (Å²) >= 11 is 0. The molecule has 0 spiro atoms. The van der Waals surface area contributed by atoms with E-state index in [2.05, 4.69) is 0 Å². The van der Waals surface area contributed by atoms with Crippen LogP contribution >= 0.6 is 0 Å². The van der Waals surface area contributed by atoms with Crippen LogP contribution in [0.4, 0.5) is 0 Å². The summed E-state index contributed by atoms with van der Waals surface area (Å²) in [6.45, 7) is 3.60. The highest BCUT2D eigenvalue weighted by Gasteiger charge is 2.40. The van der Waals surface area contributed by atoms with Gasteiger partial charge < -0.3 is 4.74 Å². The van der Waals surface area contributed by atoms with Gasteiger partial charge >= 0.3 is 5.97 Å². The second kappa shape index (κ2) is 6.46. The largest absolute Gasteiger partial charge is 0.446 e. The number of carbonyl (C=O) groups is 1. The zero-order chi connectivity index (χ0) is 16.3. The number of rotatable bonds is 4. The first-order valence-corrected chi connectivity index (χ1v) is 8.49. The van der Waals surface area contributed by atoms with Crippen LogP contribution in [0.15, 0.2) is 29.2 Å². The van der Waals surface area contributed by atoms with E-state index < -0.39 is 28.1 Å². The predicted octanol–water partition coefficient (Wildman–Crippen LogP) is 1.60. The van der Waals surface area contributed by atoms with Gasteiger partial charge in [0.2, 0.25) is 10.0 Å². The Morgan fingerprint density at radius 2 is 2.05 bits per heavy atom. The van der Waals surface area contributed by atoms with Crippen LogP contribution in [-0.4, -0.2) is 37.4 Å². The molecule has 0 N–H and O–H groups in total. The second-order valence-electron chi connectivity index (χ2n) is 5.30. The third-order valence-corrected chi connectivity index (χ3v) is 5.50. The summed E-state index contributed by atoms with van der Waals surface area (Å²) in [5.74, 6) is -0.665. The average molecular weight is 322 g/mol. The van der Waals surface area contributed by atoms with Crippen LogP contribution in [0.2, 0.25) is 0 Å². The van der Waals surface area contributed by atoms with E-state index in [1.54, 1.807) is 18.2 Å². The fourth-order valence-corrected chi connectivity index (χ4v) is 4.03. The molecule has 1 aliphatic heterocycles. The SMILES string of the molecule is Cc1ccc(S(=O)(=O)N2CCC[C@H]2C(=O)O[C@H](C)C#N)cc1. The third-order valence-electron chi connectivity index (χ3n) is 3.58. The molecule has 1 aromatic rings. The lowest BCUT2D eigenvalue weighted by Crippen LogP contribution is -2.42. The number of ether oxygens (including phenoxy) is 1. The zero-order valence-electron chi connectivity index (χ0n) is 12.5. The Balaban J connectivity index is 2.24. The van der Waals surface area contributed by atoms with Gasteiger partial charge in [0.15, 0.2) is 6.10 Å². The van der Waals surface area contributed by atoms with Gasteiger partial charge in [0.25, 0.3) is 0 Å². The fourth-order valence-electron chi connectivity index (χ4n) is 2.39. The van der Waals surface area contributed by atoms with Crippen LogP contribution in [0.25, 0.3) is 0 Å². The molecule has 0 saturated carbocycles. The smallest absolute Gasteiger partial charge is 0.325 e. The monoisotopic (exact) mass is 322 g/mol. The van der Waals surface area contributed by atoms with E-state index >= 15 is 0 Å². The van der Waals surface area contributed by atoms with Gasteiger partial charge in [0, 0.05) is 6.54 Å². The van der Waals surface area contributed by atoms with Gasteiger partial charge in [-0.3, -0.25) is 4.79 Å². The summed E-state index contributed by atoms with van der Waals surface area (Å²) in [5.41, 5.74) is 0.958. The molecule has 0 amide bonds. The molecule has 2 rings (SSSR count). The van der Waals surface area contributed by atoms with Gasteiger partial charge in [-0.25, -0.2) is 8.42 Å². The van der Waals surface area contributed by atoms with E-state index in [1.165, 1.54) is 23.4 Å². The Bertz CT molecular complexity index is 691. The molecule has 118 valence electrons. The predicted molar refractivity (Wildman–Crippen MR) is 79.3 cm³/mol. The number of aryl methyl sites for hydroxylation is 1. The highest BCUT2D eigenvalue weighted by atomic mass is 32.2.